The Morgan fingerprint density at radius 2 is 2.00 bits per heavy atom. The van der Waals surface area contributed by atoms with E-state index >= 15 is 0 Å². The van der Waals surface area contributed by atoms with Crippen LogP contribution in [0.3, 0.4) is 0 Å². The Morgan fingerprint density at radius 3 is 2.70 bits per heavy atom. The Morgan fingerprint density at radius 1 is 1.20 bits per heavy atom. The van der Waals surface area contributed by atoms with E-state index in [2.05, 4.69) is 25.2 Å². The molecule has 2 aliphatic rings. The molecule has 0 aromatic rings. The van der Waals surface area contributed by atoms with Crippen LogP contribution in [0.25, 0.3) is 0 Å². The van der Waals surface area contributed by atoms with Crippen LogP contribution in [-0.2, 0) is 4.74 Å². The molecule has 2 aliphatic carbocycles. The molecular formula is C18H33NO. The van der Waals surface area contributed by atoms with E-state index in [1.807, 2.05) is 0 Å². The van der Waals surface area contributed by atoms with Gasteiger partial charge in [-0.25, -0.2) is 0 Å². The Kier molecular flexibility index (Phi) is 7.09. The molecule has 0 radical (unpaired) electrons. The van der Waals surface area contributed by atoms with Crippen LogP contribution in [0.5, 0.6) is 0 Å². The van der Waals surface area contributed by atoms with Crippen LogP contribution in [0.1, 0.15) is 71.6 Å². The Labute approximate surface area is 125 Å². The highest BCUT2D eigenvalue weighted by atomic mass is 16.5. The predicted octanol–water partition coefficient (Wildman–Crippen LogP) is 4.45. The van der Waals surface area contributed by atoms with Gasteiger partial charge in [0.25, 0.3) is 0 Å². The number of nitrogens with one attached hydrogen (secondary N) is 1. The lowest BCUT2D eigenvalue weighted by atomic mass is 9.90. The first-order valence-corrected chi connectivity index (χ1v) is 8.90. The molecule has 0 aromatic heterocycles. The van der Waals surface area contributed by atoms with E-state index in [1.165, 1.54) is 57.8 Å². The standard InChI is InChI=1S/C18H33NO/c1-3-14-19-17(18(20-4-2)16-12-13-16)15-10-8-6-5-7-9-11-15/h10,16-19H,3-9,11-14H2,1-2H3. The molecule has 2 heteroatoms. The molecule has 0 amide bonds. The highest BCUT2D eigenvalue weighted by molar-refractivity contribution is 5.16. The summed E-state index contributed by atoms with van der Waals surface area (Å²) in [6.45, 7) is 6.35. The maximum absolute atomic E-state index is 6.15. The van der Waals surface area contributed by atoms with Gasteiger partial charge in [0.15, 0.2) is 0 Å². The van der Waals surface area contributed by atoms with Gasteiger partial charge in [-0.1, -0.05) is 31.4 Å². The van der Waals surface area contributed by atoms with Crippen LogP contribution in [0.2, 0.25) is 0 Å². The molecule has 0 aliphatic heterocycles. The van der Waals surface area contributed by atoms with E-state index in [4.69, 9.17) is 4.74 Å². The molecule has 0 heterocycles. The lowest BCUT2D eigenvalue weighted by Crippen LogP contribution is -2.44. The first-order chi connectivity index (χ1) is 9.86. The Hall–Kier alpha value is -0.340. The monoisotopic (exact) mass is 279 g/mol. The van der Waals surface area contributed by atoms with Gasteiger partial charge in [0.2, 0.25) is 0 Å². The van der Waals surface area contributed by atoms with Crippen molar-refractivity contribution in [3.05, 3.63) is 11.6 Å². The molecule has 1 fully saturated rings. The molecule has 0 saturated heterocycles. The summed E-state index contributed by atoms with van der Waals surface area (Å²) in [5.41, 5.74) is 1.64. The lowest BCUT2D eigenvalue weighted by Gasteiger charge is -2.31. The first kappa shape index (κ1) is 16.0. The molecule has 20 heavy (non-hydrogen) atoms. The highest BCUT2D eigenvalue weighted by Crippen LogP contribution is 2.38. The number of rotatable bonds is 8. The van der Waals surface area contributed by atoms with Gasteiger partial charge in [-0.2, -0.15) is 0 Å². The van der Waals surface area contributed by atoms with Crippen molar-refractivity contribution in [3.63, 3.8) is 0 Å². The SMILES string of the molecule is CCCNC(C1=CCCCCCC1)C(OCC)C1CC1. The fourth-order valence-electron chi connectivity index (χ4n) is 3.38. The van der Waals surface area contributed by atoms with Gasteiger partial charge in [0.05, 0.1) is 12.1 Å². The number of hydrogen-bond donors (Lipinski definition) is 1. The van der Waals surface area contributed by atoms with Crippen LogP contribution in [0.15, 0.2) is 11.6 Å². The van der Waals surface area contributed by atoms with E-state index < -0.39 is 0 Å². The molecule has 116 valence electrons. The summed E-state index contributed by atoms with van der Waals surface area (Å²) >= 11 is 0. The predicted molar refractivity (Wildman–Crippen MR) is 86.0 cm³/mol. The third-order valence-electron chi connectivity index (χ3n) is 4.61. The van der Waals surface area contributed by atoms with Crippen molar-refractivity contribution >= 4 is 0 Å². The van der Waals surface area contributed by atoms with Gasteiger partial charge >= 0.3 is 0 Å². The first-order valence-electron chi connectivity index (χ1n) is 8.90. The summed E-state index contributed by atoms with van der Waals surface area (Å²) in [6, 6.07) is 0.473. The van der Waals surface area contributed by atoms with Crippen LogP contribution in [0.4, 0.5) is 0 Å². The average molecular weight is 279 g/mol. The summed E-state index contributed by atoms with van der Waals surface area (Å²) in [4.78, 5) is 0. The van der Waals surface area contributed by atoms with Crippen molar-refractivity contribution in [3.8, 4) is 0 Å². The summed E-state index contributed by atoms with van der Waals surface area (Å²) in [5.74, 6) is 0.802. The Balaban J connectivity index is 2.06. The fourth-order valence-corrected chi connectivity index (χ4v) is 3.38. The summed E-state index contributed by atoms with van der Waals surface area (Å²) < 4.78 is 6.15. The average Bonchev–Trinajstić information content (AvgIpc) is 3.23. The van der Waals surface area contributed by atoms with Crippen LogP contribution >= 0.6 is 0 Å². The van der Waals surface area contributed by atoms with Crippen molar-refractivity contribution in [2.45, 2.75) is 83.8 Å². The zero-order valence-electron chi connectivity index (χ0n) is 13.5. The maximum Gasteiger partial charge on any atom is 0.0794 e. The maximum atomic E-state index is 6.15. The molecule has 0 spiro atoms. The second kappa shape index (κ2) is 8.84. The van der Waals surface area contributed by atoms with Gasteiger partial charge in [-0.15, -0.1) is 0 Å². The van der Waals surface area contributed by atoms with Gasteiger partial charge in [0.1, 0.15) is 0 Å². The van der Waals surface area contributed by atoms with E-state index in [0.717, 1.165) is 19.1 Å². The van der Waals surface area contributed by atoms with Crippen molar-refractivity contribution in [1.29, 1.82) is 0 Å². The topological polar surface area (TPSA) is 21.3 Å². The van der Waals surface area contributed by atoms with Crippen LogP contribution < -0.4 is 5.32 Å². The second-order valence-electron chi connectivity index (χ2n) is 6.42. The molecule has 0 bridgehead atoms. The smallest absolute Gasteiger partial charge is 0.0794 e. The summed E-state index contributed by atoms with van der Waals surface area (Å²) in [5, 5.41) is 3.80. The van der Waals surface area contributed by atoms with Crippen molar-refractivity contribution in [2.24, 2.45) is 5.92 Å². The molecule has 2 rings (SSSR count). The molecular weight excluding hydrogens is 246 g/mol. The van der Waals surface area contributed by atoms with Crippen LogP contribution in [-0.4, -0.2) is 25.3 Å². The van der Waals surface area contributed by atoms with E-state index in [0.29, 0.717) is 12.1 Å². The van der Waals surface area contributed by atoms with E-state index in [-0.39, 0.29) is 0 Å². The third kappa shape index (κ3) is 4.89. The zero-order chi connectivity index (χ0) is 14.2. The number of ether oxygens (including phenoxy) is 1. The minimum Gasteiger partial charge on any atom is -0.376 e. The minimum absolute atomic E-state index is 0.414. The largest absolute Gasteiger partial charge is 0.376 e. The molecule has 2 atom stereocenters. The molecule has 1 N–H and O–H groups in total. The van der Waals surface area contributed by atoms with E-state index in [1.54, 1.807) is 5.57 Å². The molecule has 1 saturated carbocycles. The minimum atomic E-state index is 0.414. The summed E-state index contributed by atoms with van der Waals surface area (Å²) in [6.07, 6.45) is 15.0. The number of hydrogen-bond acceptors (Lipinski definition) is 2. The van der Waals surface area contributed by atoms with Gasteiger partial charge < -0.3 is 10.1 Å². The van der Waals surface area contributed by atoms with Gasteiger partial charge in [0, 0.05) is 6.61 Å². The fraction of sp³-hybridized carbons (Fsp3) is 0.889. The van der Waals surface area contributed by atoms with Gasteiger partial charge in [-0.3, -0.25) is 0 Å². The van der Waals surface area contributed by atoms with Crippen molar-refractivity contribution in [1.82, 2.24) is 5.32 Å². The third-order valence-corrected chi connectivity index (χ3v) is 4.61. The van der Waals surface area contributed by atoms with Crippen molar-refractivity contribution in [2.75, 3.05) is 13.2 Å². The normalized spacial score (nSPS) is 23.6. The molecule has 2 nitrogen and oxygen atoms in total. The number of allylic oxidation sites excluding steroid dienone is 1. The van der Waals surface area contributed by atoms with Crippen LogP contribution in [0, 0.1) is 5.92 Å². The molecule has 2 unspecified atom stereocenters. The quantitative estimate of drug-likeness (QED) is 0.663. The lowest BCUT2D eigenvalue weighted by molar-refractivity contribution is 0.0270. The van der Waals surface area contributed by atoms with E-state index in [9.17, 15) is 0 Å². The zero-order valence-corrected chi connectivity index (χ0v) is 13.5. The Bertz CT molecular complexity index is 296. The second-order valence-corrected chi connectivity index (χ2v) is 6.42. The molecule has 0 aromatic carbocycles. The van der Waals surface area contributed by atoms with Crippen molar-refractivity contribution < 1.29 is 4.74 Å². The van der Waals surface area contributed by atoms with Gasteiger partial charge in [-0.05, 0) is 64.3 Å². The highest BCUT2D eigenvalue weighted by Gasteiger charge is 2.38. The summed E-state index contributed by atoms with van der Waals surface area (Å²) in [7, 11) is 0.